The van der Waals surface area contributed by atoms with E-state index in [1.54, 1.807) is 6.07 Å². The Morgan fingerprint density at radius 3 is 2.53 bits per heavy atom. The van der Waals surface area contributed by atoms with Crippen LogP contribution >= 0.6 is 0 Å². The second-order valence-corrected chi connectivity index (χ2v) is 8.40. The van der Waals surface area contributed by atoms with Gasteiger partial charge in [-0.2, -0.15) is 5.10 Å². The number of nitrogens with zero attached hydrogens (tertiary/aromatic N) is 5. The van der Waals surface area contributed by atoms with Gasteiger partial charge in [-0.1, -0.05) is 20.8 Å². The van der Waals surface area contributed by atoms with Crippen molar-refractivity contribution in [2.45, 2.75) is 26.2 Å². The monoisotopic (exact) mass is 460 g/mol. The van der Waals surface area contributed by atoms with Gasteiger partial charge in [-0.3, -0.25) is 14.6 Å². The molecule has 3 aromatic heterocycles. The van der Waals surface area contributed by atoms with E-state index in [2.05, 4.69) is 40.8 Å². The SMILES string of the molecule is CC(C)(C)c1cnc(C(=O)Nc2cc(-c3cc(Nc4ccncn4)c(=O)[nH]n3)ccc2F)cn1. The third kappa shape index (κ3) is 5.09. The summed E-state index contributed by atoms with van der Waals surface area (Å²) in [4.78, 5) is 41.0. The van der Waals surface area contributed by atoms with Crippen LogP contribution in [0.4, 0.5) is 21.6 Å². The predicted octanol–water partition coefficient (Wildman–Crippen LogP) is 3.45. The standard InChI is InChI=1S/C23H21FN8O2/c1-23(2,3)19-11-26-18(10-27-19)21(33)30-16-8-13(4-5-14(16)24)15-9-17(22(34)32-31-15)29-20-6-7-25-12-28-20/h4-12H,1-3H3,(H,30,33)(H,32,34)(H,25,28,29,31). The van der Waals surface area contributed by atoms with Crippen LogP contribution in [0.3, 0.4) is 0 Å². The van der Waals surface area contributed by atoms with Crippen molar-refractivity contribution in [2.75, 3.05) is 10.6 Å². The van der Waals surface area contributed by atoms with Gasteiger partial charge < -0.3 is 10.6 Å². The summed E-state index contributed by atoms with van der Waals surface area (Å²) in [5, 5.41) is 11.8. The van der Waals surface area contributed by atoms with Gasteiger partial charge in [-0.25, -0.2) is 24.4 Å². The quantitative estimate of drug-likeness (QED) is 0.412. The van der Waals surface area contributed by atoms with Crippen LogP contribution in [0.25, 0.3) is 11.3 Å². The second-order valence-electron chi connectivity index (χ2n) is 8.40. The first-order valence-electron chi connectivity index (χ1n) is 10.3. The van der Waals surface area contributed by atoms with E-state index in [9.17, 15) is 14.0 Å². The topological polar surface area (TPSA) is 138 Å². The summed E-state index contributed by atoms with van der Waals surface area (Å²) < 4.78 is 14.5. The van der Waals surface area contributed by atoms with Crippen LogP contribution in [0.15, 0.2) is 60.0 Å². The molecule has 172 valence electrons. The molecular formula is C23H21FN8O2. The molecule has 0 radical (unpaired) electrons. The van der Waals surface area contributed by atoms with E-state index in [1.165, 1.54) is 49.2 Å². The van der Waals surface area contributed by atoms with Gasteiger partial charge in [0.25, 0.3) is 11.5 Å². The molecule has 4 aromatic rings. The molecule has 3 heterocycles. The fourth-order valence-corrected chi connectivity index (χ4v) is 2.95. The van der Waals surface area contributed by atoms with Gasteiger partial charge in [0.05, 0.1) is 23.3 Å². The molecule has 0 saturated heterocycles. The normalized spacial score (nSPS) is 11.2. The molecule has 1 aromatic carbocycles. The Kier molecular flexibility index (Phi) is 6.09. The summed E-state index contributed by atoms with van der Waals surface area (Å²) in [6.07, 6.45) is 5.75. The van der Waals surface area contributed by atoms with Crippen molar-refractivity contribution in [3.63, 3.8) is 0 Å². The summed E-state index contributed by atoms with van der Waals surface area (Å²) in [5.41, 5.74) is 1.04. The Morgan fingerprint density at radius 1 is 1.03 bits per heavy atom. The number of benzene rings is 1. The zero-order valence-electron chi connectivity index (χ0n) is 18.6. The van der Waals surface area contributed by atoms with Gasteiger partial charge in [-0.15, -0.1) is 0 Å². The average Bonchev–Trinajstić information content (AvgIpc) is 2.82. The Labute approximate surface area is 193 Å². The molecule has 0 unspecified atom stereocenters. The molecule has 3 N–H and O–H groups in total. The van der Waals surface area contributed by atoms with Gasteiger partial charge in [0, 0.05) is 23.4 Å². The molecule has 0 aliphatic carbocycles. The second kappa shape index (κ2) is 9.14. The van der Waals surface area contributed by atoms with E-state index in [4.69, 9.17) is 0 Å². The number of carbonyl (C=O) groups is 1. The number of amides is 1. The molecule has 0 aliphatic heterocycles. The molecule has 0 atom stereocenters. The van der Waals surface area contributed by atoms with Crippen molar-refractivity contribution in [3.8, 4) is 11.3 Å². The lowest BCUT2D eigenvalue weighted by Crippen LogP contribution is -2.18. The number of nitrogens with one attached hydrogen (secondary N) is 3. The smallest absolute Gasteiger partial charge is 0.287 e. The van der Waals surface area contributed by atoms with Crippen LogP contribution in [0.5, 0.6) is 0 Å². The highest BCUT2D eigenvalue weighted by molar-refractivity contribution is 6.03. The van der Waals surface area contributed by atoms with E-state index in [-0.39, 0.29) is 22.5 Å². The van der Waals surface area contributed by atoms with E-state index >= 15 is 0 Å². The number of carbonyl (C=O) groups excluding carboxylic acids is 1. The van der Waals surface area contributed by atoms with Crippen LogP contribution in [0.1, 0.15) is 37.0 Å². The summed E-state index contributed by atoms with van der Waals surface area (Å²) in [7, 11) is 0. The first kappa shape index (κ1) is 22.6. The Hall–Kier alpha value is -4.54. The predicted molar refractivity (Wildman–Crippen MR) is 124 cm³/mol. The fraction of sp³-hybridized carbons (Fsp3) is 0.174. The average molecular weight is 460 g/mol. The number of rotatable bonds is 5. The van der Waals surface area contributed by atoms with Crippen molar-refractivity contribution in [2.24, 2.45) is 0 Å². The van der Waals surface area contributed by atoms with E-state index in [1.807, 2.05) is 20.8 Å². The van der Waals surface area contributed by atoms with Crippen molar-refractivity contribution >= 4 is 23.1 Å². The molecule has 0 spiro atoms. The first-order chi connectivity index (χ1) is 16.2. The number of hydrogen-bond acceptors (Lipinski definition) is 8. The third-order valence-corrected chi connectivity index (χ3v) is 4.81. The molecule has 11 heteroatoms. The minimum Gasteiger partial charge on any atom is -0.336 e. The molecular weight excluding hydrogens is 439 g/mol. The highest BCUT2D eigenvalue weighted by Crippen LogP contribution is 2.25. The molecule has 0 saturated carbocycles. The minimum absolute atomic E-state index is 0.0521. The van der Waals surface area contributed by atoms with E-state index < -0.39 is 17.3 Å². The van der Waals surface area contributed by atoms with Gasteiger partial charge >= 0.3 is 0 Å². The van der Waals surface area contributed by atoms with E-state index in [0.717, 1.165) is 5.69 Å². The van der Waals surface area contributed by atoms with Crippen LogP contribution in [-0.2, 0) is 5.41 Å². The third-order valence-electron chi connectivity index (χ3n) is 4.81. The number of halogens is 1. The Morgan fingerprint density at radius 2 is 1.85 bits per heavy atom. The number of hydrogen-bond donors (Lipinski definition) is 3. The maximum absolute atomic E-state index is 14.5. The minimum atomic E-state index is -0.639. The summed E-state index contributed by atoms with van der Waals surface area (Å²) in [5.74, 6) is -0.826. The van der Waals surface area contributed by atoms with Crippen molar-refractivity contribution in [1.82, 2.24) is 30.1 Å². The maximum Gasteiger partial charge on any atom is 0.287 e. The lowest BCUT2D eigenvalue weighted by Gasteiger charge is -2.16. The lowest BCUT2D eigenvalue weighted by atomic mass is 9.93. The van der Waals surface area contributed by atoms with Gasteiger partial charge in [0.15, 0.2) is 0 Å². The zero-order chi connectivity index (χ0) is 24.3. The molecule has 34 heavy (non-hydrogen) atoms. The van der Waals surface area contributed by atoms with Crippen LogP contribution in [-0.4, -0.2) is 36.0 Å². The Bertz CT molecular complexity index is 1380. The van der Waals surface area contributed by atoms with Gasteiger partial charge in [-0.05, 0) is 30.3 Å². The van der Waals surface area contributed by atoms with Crippen LogP contribution in [0.2, 0.25) is 0 Å². The maximum atomic E-state index is 14.5. The molecule has 1 amide bonds. The highest BCUT2D eigenvalue weighted by atomic mass is 19.1. The molecule has 10 nitrogen and oxygen atoms in total. The largest absolute Gasteiger partial charge is 0.336 e. The van der Waals surface area contributed by atoms with Gasteiger partial charge in [0.1, 0.15) is 29.3 Å². The van der Waals surface area contributed by atoms with Crippen molar-refractivity contribution in [3.05, 3.63) is 82.8 Å². The molecule has 0 bridgehead atoms. The molecule has 0 aliphatic rings. The van der Waals surface area contributed by atoms with Crippen molar-refractivity contribution in [1.29, 1.82) is 0 Å². The zero-order valence-corrected chi connectivity index (χ0v) is 18.6. The first-order valence-corrected chi connectivity index (χ1v) is 10.3. The molecule has 4 rings (SSSR count). The number of anilines is 3. The Balaban J connectivity index is 1.58. The van der Waals surface area contributed by atoms with Crippen LogP contribution < -0.4 is 16.2 Å². The highest BCUT2D eigenvalue weighted by Gasteiger charge is 2.18. The lowest BCUT2D eigenvalue weighted by molar-refractivity contribution is 0.102. The molecule has 0 fully saturated rings. The van der Waals surface area contributed by atoms with E-state index in [0.29, 0.717) is 17.1 Å². The van der Waals surface area contributed by atoms with Crippen LogP contribution in [0, 0.1) is 5.82 Å². The summed E-state index contributed by atoms with van der Waals surface area (Å²) in [6.45, 7) is 5.95. The number of H-pyrrole nitrogens is 1. The van der Waals surface area contributed by atoms with Gasteiger partial charge in [0.2, 0.25) is 0 Å². The van der Waals surface area contributed by atoms with Crippen molar-refractivity contribution < 1.29 is 9.18 Å². The summed E-state index contributed by atoms with van der Waals surface area (Å²) >= 11 is 0. The number of aromatic amines is 1. The summed E-state index contributed by atoms with van der Waals surface area (Å²) in [6, 6.07) is 7.19. The fourth-order valence-electron chi connectivity index (χ4n) is 2.95. The number of aromatic nitrogens is 6.